The Bertz CT molecular complexity index is 803. The van der Waals surface area contributed by atoms with E-state index in [4.69, 9.17) is 16.6 Å². The maximum Gasteiger partial charge on any atom is 0.139 e. The number of aryl methyl sites for hydroxylation is 1. The Morgan fingerprint density at radius 1 is 1.13 bits per heavy atom. The number of nitrogens with one attached hydrogen (secondary N) is 1. The number of fused-ring (bicyclic) bond motifs is 1. The molecular formula is C19H22ClN3. The van der Waals surface area contributed by atoms with Gasteiger partial charge >= 0.3 is 0 Å². The zero-order valence-electron chi connectivity index (χ0n) is 13.8. The van der Waals surface area contributed by atoms with Crippen LogP contribution in [0.3, 0.4) is 0 Å². The molecule has 0 fully saturated rings. The van der Waals surface area contributed by atoms with E-state index in [9.17, 15) is 0 Å². The number of halogens is 1. The molecular weight excluding hydrogens is 306 g/mol. The SMILES string of the molecule is Cc1cccc2nc(-c3ccc(Cl)cc3)c(NCCC(C)C)n12. The average molecular weight is 328 g/mol. The summed E-state index contributed by atoms with van der Waals surface area (Å²) in [7, 11) is 0. The van der Waals surface area contributed by atoms with Crippen molar-refractivity contribution in [2.75, 3.05) is 11.9 Å². The maximum absolute atomic E-state index is 6.02. The molecule has 0 saturated carbocycles. The van der Waals surface area contributed by atoms with Crippen LogP contribution in [-0.4, -0.2) is 15.9 Å². The van der Waals surface area contributed by atoms with E-state index in [-0.39, 0.29) is 0 Å². The van der Waals surface area contributed by atoms with Gasteiger partial charge in [-0.25, -0.2) is 4.98 Å². The van der Waals surface area contributed by atoms with Gasteiger partial charge in [0, 0.05) is 22.8 Å². The summed E-state index contributed by atoms with van der Waals surface area (Å²) in [5.74, 6) is 1.72. The first kappa shape index (κ1) is 15.9. The lowest BCUT2D eigenvalue weighted by molar-refractivity contribution is 0.606. The number of hydrogen-bond acceptors (Lipinski definition) is 2. The highest BCUT2D eigenvalue weighted by atomic mass is 35.5. The Kier molecular flexibility index (Phi) is 4.58. The second kappa shape index (κ2) is 6.63. The third-order valence-corrected chi connectivity index (χ3v) is 4.22. The number of rotatable bonds is 5. The molecule has 0 amide bonds. The van der Waals surface area contributed by atoms with Gasteiger partial charge in [-0.2, -0.15) is 0 Å². The second-order valence-corrected chi connectivity index (χ2v) is 6.72. The molecule has 0 aliphatic rings. The fourth-order valence-electron chi connectivity index (χ4n) is 2.71. The van der Waals surface area contributed by atoms with Crippen molar-refractivity contribution in [1.29, 1.82) is 0 Å². The van der Waals surface area contributed by atoms with Crippen LogP contribution >= 0.6 is 11.6 Å². The molecule has 0 unspecified atom stereocenters. The van der Waals surface area contributed by atoms with Crippen LogP contribution in [0.4, 0.5) is 5.82 Å². The van der Waals surface area contributed by atoms with Crippen molar-refractivity contribution in [3.8, 4) is 11.3 Å². The molecule has 2 aromatic heterocycles. The summed E-state index contributed by atoms with van der Waals surface area (Å²) in [5.41, 5.74) is 4.17. The first-order valence-corrected chi connectivity index (χ1v) is 8.42. The van der Waals surface area contributed by atoms with Crippen LogP contribution in [0.25, 0.3) is 16.9 Å². The fourth-order valence-corrected chi connectivity index (χ4v) is 2.83. The molecule has 2 heterocycles. The van der Waals surface area contributed by atoms with Crippen molar-refractivity contribution in [3.05, 3.63) is 53.2 Å². The molecule has 0 radical (unpaired) electrons. The highest BCUT2D eigenvalue weighted by molar-refractivity contribution is 6.30. The Balaban J connectivity index is 2.08. The van der Waals surface area contributed by atoms with Gasteiger partial charge in [0.2, 0.25) is 0 Å². The molecule has 0 atom stereocenters. The Labute approximate surface area is 142 Å². The standard InChI is InChI=1S/C19H22ClN3/c1-13(2)11-12-21-19-18(15-7-9-16(20)10-8-15)22-17-6-4-5-14(3)23(17)19/h4-10,13,21H,11-12H2,1-3H3. The number of hydrogen-bond donors (Lipinski definition) is 1. The van der Waals surface area contributed by atoms with E-state index in [0.29, 0.717) is 5.92 Å². The van der Waals surface area contributed by atoms with Gasteiger partial charge in [-0.1, -0.05) is 43.6 Å². The number of aromatic nitrogens is 2. The first-order chi connectivity index (χ1) is 11.1. The molecule has 0 bridgehead atoms. The van der Waals surface area contributed by atoms with Crippen molar-refractivity contribution in [2.45, 2.75) is 27.2 Å². The lowest BCUT2D eigenvalue weighted by Gasteiger charge is -2.11. The molecule has 0 aliphatic carbocycles. The number of benzene rings is 1. The Hall–Kier alpha value is -2.00. The van der Waals surface area contributed by atoms with Crippen LogP contribution in [-0.2, 0) is 0 Å². The zero-order chi connectivity index (χ0) is 16.4. The van der Waals surface area contributed by atoms with Gasteiger partial charge in [-0.3, -0.25) is 4.40 Å². The van der Waals surface area contributed by atoms with Crippen LogP contribution in [0, 0.1) is 12.8 Å². The molecule has 3 aromatic rings. The van der Waals surface area contributed by atoms with Crippen molar-refractivity contribution < 1.29 is 0 Å². The quantitative estimate of drug-likeness (QED) is 0.677. The minimum Gasteiger partial charge on any atom is -0.369 e. The molecule has 4 heteroatoms. The summed E-state index contributed by atoms with van der Waals surface area (Å²) in [6.45, 7) is 7.51. The number of pyridine rings is 1. The highest BCUT2D eigenvalue weighted by Gasteiger charge is 2.15. The summed E-state index contributed by atoms with van der Waals surface area (Å²) in [5, 5.41) is 4.33. The van der Waals surface area contributed by atoms with E-state index in [2.05, 4.69) is 36.6 Å². The third-order valence-electron chi connectivity index (χ3n) is 3.97. The molecule has 3 nitrogen and oxygen atoms in total. The zero-order valence-corrected chi connectivity index (χ0v) is 14.6. The summed E-state index contributed by atoms with van der Waals surface area (Å²) in [6.07, 6.45) is 1.12. The van der Waals surface area contributed by atoms with E-state index >= 15 is 0 Å². The van der Waals surface area contributed by atoms with Crippen molar-refractivity contribution in [2.24, 2.45) is 5.92 Å². The summed E-state index contributed by atoms with van der Waals surface area (Å²) >= 11 is 6.02. The van der Waals surface area contributed by atoms with Crippen LogP contribution in [0.1, 0.15) is 26.0 Å². The van der Waals surface area contributed by atoms with E-state index in [1.165, 1.54) is 5.69 Å². The first-order valence-electron chi connectivity index (χ1n) is 8.04. The van der Waals surface area contributed by atoms with Crippen LogP contribution in [0.5, 0.6) is 0 Å². The maximum atomic E-state index is 6.02. The molecule has 0 aliphatic heterocycles. The lowest BCUT2D eigenvalue weighted by Crippen LogP contribution is -2.08. The smallest absolute Gasteiger partial charge is 0.139 e. The molecule has 3 rings (SSSR count). The van der Waals surface area contributed by atoms with Crippen molar-refractivity contribution in [3.63, 3.8) is 0 Å². The molecule has 0 saturated heterocycles. The minimum absolute atomic E-state index is 0.668. The third kappa shape index (κ3) is 3.35. The van der Waals surface area contributed by atoms with Crippen molar-refractivity contribution >= 4 is 23.1 Å². The predicted molar refractivity (Wildman–Crippen MR) is 98.3 cm³/mol. The Morgan fingerprint density at radius 2 is 1.87 bits per heavy atom. The summed E-state index contributed by atoms with van der Waals surface area (Å²) in [6, 6.07) is 14.0. The van der Waals surface area contributed by atoms with Gasteiger partial charge < -0.3 is 5.32 Å². The molecule has 23 heavy (non-hydrogen) atoms. The summed E-state index contributed by atoms with van der Waals surface area (Å²) in [4.78, 5) is 4.83. The molecule has 0 spiro atoms. The van der Waals surface area contributed by atoms with Gasteiger partial charge in [0.25, 0.3) is 0 Å². The fraction of sp³-hybridized carbons (Fsp3) is 0.316. The summed E-state index contributed by atoms with van der Waals surface area (Å²) < 4.78 is 2.18. The highest BCUT2D eigenvalue weighted by Crippen LogP contribution is 2.30. The minimum atomic E-state index is 0.668. The van der Waals surface area contributed by atoms with E-state index < -0.39 is 0 Å². The van der Waals surface area contributed by atoms with Gasteiger partial charge in [0.15, 0.2) is 0 Å². The predicted octanol–water partition coefficient (Wildman–Crippen LogP) is 5.42. The molecule has 1 aromatic carbocycles. The molecule has 1 N–H and O–H groups in total. The van der Waals surface area contributed by atoms with Gasteiger partial charge in [-0.05, 0) is 43.5 Å². The van der Waals surface area contributed by atoms with E-state index in [0.717, 1.165) is 40.7 Å². The Morgan fingerprint density at radius 3 is 2.57 bits per heavy atom. The molecule has 120 valence electrons. The van der Waals surface area contributed by atoms with E-state index in [1.807, 2.05) is 36.4 Å². The largest absolute Gasteiger partial charge is 0.369 e. The lowest BCUT2D eigenvalue weighted by atomic mass is 10.1. The van der Waals surface area contributed by atoms with Crippen molar-refractivity contribution in [1.82, 2.24) is 9.38 Å². The number of anilines is 1. The monoisotopic (exact) mass is 327 g/mol. The average Bonchev–Trinajstić information content (AvgIpc) is 2.88. The van der Waals surface area contributed by atoms with E-state index in [1.54, 1.807) is 0 Å². The van der Waals surface area contributed by atoms with Gasteiger partial charge in [0.1, 0.15) is 17.2 Å². The van der Waals surface area contributed by atoms with Crippen LogP contribution < -0.4 is 5.32 Å². The van der Waals surface area contributed by atoms with Gasteiger partial charge in [0.05, 0.1) is 0 Å². The second-order valence-electron chi connectivity index (χ2n) is 6.29. The normalized spacial score (nSPS) is 11.3. The van der Waals surface area contributed by atoms with Crippen LogP contribution in [0.2, 0.25) is 5.02 Å². The number of imidazole rings is 1. The number of nitrogens with zero attached hydrogens (tertiary/aromatic N) is 2. The topological polar surface area (TPSA) is 29.3 Å². The van der Waals surface area contributed by atoms with Crippen LogP contribution in [0.15, 0.2) is 42.5 Å². The van der Waals surface area contributed by atoms with Gasteiger partial charge in [-0.15, -0.1) is 0 Å².